The van der Waals surface area contributed by atoms with E-state index in [0.29, 0.717) is 17.6 Å². The van der Waals surface area contributed by atoms with Crippen LogP contribution in [0.5, 0.6) is 0 Å². The third-order valence-electron chi connectivity index (χ3n) is 7.55. The Morgan fingerprint density at radius 3 is 2.88 bits per heavy atom. The van der Waals surface area contributed by atoms with Gasteiger partial charge in [0.2, 0.25) is 0 Å². The van der Waals surface area contributed by atoms with Gasteiger partial charge in [-0.25, -0.2) is 0 Å². The number of benzene rings is 1. The van der Waals surface area contributed by atoms with Crippen molar-refractivity contribution in [1.82, 2.24) is 20.2 Å². The van der Waals surface area contributed by atoms with Gasteiger partial charge in [0.05, 0.1) is 23.0 Å². The highest BCUT2D eigenvalue weighted by Gasteiger charge is 2.37. The van der Waals surface area contributed by atoms with Gasteiger partial charge >= 0.3 is 0 Å². The third-order valence-corrected chi connectivity index (χ3v) is 7.55. The Kier molecular flexibility index (Phi) is 5.12. The maximum atomic E-state index is 9.53. The summed E-state index contributed by atoms with van der Waals surface area (Å²) in [5, 5.41) is 14.1. The summed E-state index contributed by atoms with van der Waals surface area (Å²) in [6.45, 7) is 9.41. The Morgan fingerprint density at radius 1 is 1.06 bits per heavy atom. The Bertz CT molecular complexity index is 1230. The molecule has 168 valence electrons. The van der Waals surface area contributed by atoms with E-state index in [1.807, 2.05) is 18.3 Å². The number of rotatable bonds is 2. The molecule has 3 aliphatic heterocycles. The first-order valence-electron chi connectivity index (χ1n) is 11.9. The molecule has 5 heterocycles. The smallest absolute Gasteiger partial charge is 0.101 e. The minimum atomic E-state index is 0.447. The first-order chi connectivity index (χ1) is 16.2. The van der Waals surface area contributed by atoms with Crippen LogP contribution in [-0.4, -0.2) is 66.2 Å². The quantitative estimate of drug-likeness (QED) is 0.658. The lowest BCUT2D eigenvalue weighted by Crippen LogP contribution is -2.65. The number of anilines is 2. The summed E-state index contributed by atoms with van der Waals surface area (Å²) in [7, 11) is 0. The summed E-state index contributed by atoms with van der Waals surface area (Å²) < 4.78 is 0. The van der Waals surface area contributed by atoms with Crippen LogP contribution in [0.25, 0.3) is 10.9 Å². The van der Waals surface area contributed by atoms with Crippen molar-refractivity contribution in [1.29, 1.82) is 5.26 Å². The SMILES string of the molecule is CC1CN(c2ccc(C#N)c3ncccc23)CC2CN(c3cncc4c3CCNC4)CCN12. The van der Waals surface area contributed by atoms with Gasteiger partial charge in [-0.15, -0.1) is 0 Å². The zero-order valence-electron chi connectivity index (χ0n) is 19.0. The molecule has 2 fully saturated rings. The highest BCUT2D eigenvalue weighted by atomic mass is 15.4. The number of hydrogen-bond donors (Lipinski definition) is 1. The maximum absolute atomic E-state index is 9.53. The average Bonchev–Trinajstić information content (AvgIpc) is 2.87. The molecule has 0 amide bonds. The van der Waals surface area contributed by atoms with Gasteiger partial charge in [0.25, 0.3) is 0 Å². The van der Waals surface area contributed by atoms with Crippen molar-refractivity contribution in [3.05, 3.63) is 59.5 Å². The summed E-state index contributed by atoms with van der Waals surface area (Å²) in [5.74, 6) is 0. The van der Waals surface area contributed by atoms with Crippen LogP contribution in [0.3, 0.4) is 0 Å². The van der Waals surface area contributed by atoms with Gasteiger partial charge < -0.3 is 15.1 Å². The number of nitrogens with zero attached hydrogens (tertiary/aromatic N) is 6. The monoisotopic (exact) mass is 439 g/mol. The number of nitrogens with one attached hydrogen (secondary N) is 1. The molecule has 0 spiro atoms. The number of hydrogen-bond acceptors (Lipinski definition) is 7. The van der Waals surface area contributed by atoms with Gasteiger partial charge in [-0.1, -0.05) is 0 Å². The van der Waals surface area contributed by atoms with Gasteiger partial charge in [0.1, 0.15) is 6.07 Å². The van der Waals surface area contributed by atoms with E-state index in [2.05, 4.69) is 61.3 Å². The molecular formula is C26H29N7. The van der Waals surface area contributed by atoms with E-state index in [4.69, 9.17) is 0 Å². The van der Waals surface area contributed by atoms with Gasteiger partial charge in [-0.05, 0) is 55.3 Å². The number of nitriles is 1. The second kappa shape index (κ2) is 8.29. The second-order valence-electron chi connectivity index (χ2n) is 9.46. The van der Waals surface area contributed by atoms with E-state index >= 15 is 0 Å². The van der Waals surface area contributed by atoms with Crippen LogP contribution in [0.2, 0.25) is 0 Å². The van der Waals surface area contributed by atoms with Crippen molar-refractivity contribution < 1.29 is 0 Å². The van der Waals surface area contributed by atoms with Gasteiger partial charge in [0.15, 0.2) is 0 Å². The molecule has 7 nitrogen and oxygen atoms in total. The van der Waals surface area contributed by atoms with Crippen molar-refractivity contribution >= 4 is 22.3 Å². The largest absolute Gasteiger partial charge is 0.368 e. The molecule has 1 aromatic carbocycles. The molecule has 2 saturated heterocycles. The van der Waals surface area contributed by atoms with E-state index in [0.717, 1.165) is 63.1 Å². The van der Waals surface area contributed by atoms with E-state index in [9.17, 15) is 5.26 Å². The molecule has 1 N–H and O–H groups in total. The number of pyridine rings is 2. The normalized spacial score (nSPS) is 23.2. The molecule has 2 unspecified atom stereocenters. The molecule has 2 aromatic heterocycles. The van der Waals surface area contributed by atoms with Crippen LogP contribution in [0.1, 0.15) is 23.6 Å². The average molecular weight is 440 g/mol. The maximum Gasteiger partial charge on any atom is 0.101 e. The number of aromatic nitrogens is 2. The van der Waals surface area contributed by atoms with Crippen molar-refractivity contribution in [2.45, 2.75) is 32.0 Å². The summed E-state index contributed by atoms with van der Waals surface area (Å²) in [6.07, 6.45) is 6.95. The molecule has 0 radical (unpaired) electrons. The third kappa shape index (κ3) is 3.50. The zero-order valence-corrected chi connectivity index (χ0v) is 19.0. The minimum absolute atomic E-state index is 0.447. The van der Waals surface area contributed by atoms with Crippen molar-refractivity contribution in [2.75, 3.05) is 49.1 Å². The molecule has 0 bridgehead atoms. The molecular weight excluding hydrogens is 410 g/mol. The fourth-order valence-electron chi connectivity index (χ4n) is 5.97. The van der Waals surface area contributed by atoms with Gasteiger partial charge in [0, 0.05) is 74.8 Å². The fourth-order valence-corrected chi connectivity index (χ4v) is 5.97. The molecule has 0 saturated carbocycles. The van der Waals surface area contributed by atoms with Crippen LogP contribution in [0, 0.1) is 11.3 Å². The number of fused-ring (bicyclic) bond motifs is 3. The van der Waals surface area contributed by atoms with E-state index < -0.39 is 0 Å². The molecule has 6 rings (SSSR count). The lowest BCUT2D eigenvalue weighted by Gasteiger charge is -2.52. The topological polar surface area (TPSA) is 71.3 Å². The first kappa shape index (κ1) is 20.4. The Hall–Kier alpha value is -3.21. The lowest BCUT2D eigenvalue weighted by atomic mass is 9.98. The summed E-state index contributed by atoms with van der Waals surface area (Å²) >= 11 is 0. The zero-order chi connectivity index (χ0) is 22.4. The predicted octanol–water partition coefficient (Wildman–Crippen LogP) is 2.55. The van der Waals surface area contributed by atoms with Crippen LogP contribution in [0.4, 0.5) is 11.4 Å². The van der Waals surface area contributed by atoms with Crippen LogP contribution >= 0.6 is 0 Å². The fraction of sp³-hybridized carbons (Fsp3) is 0.423. The van der Waals surface area contributed by atoms with Crippen molar-refractivity contribution in [2.24, 2.45) is 0 Å². The van der Waals surface area contributed by atoms with E-state index in [1.54, 1.807) is 6.20 Å². The first-order valence-corrected chi connectivity index (χ1v) is 11.9. The summed E-state index contributed by atoms with van der Waals surface area (Å²) in [4.78, 5) is 16.8. The molecule has 0 aliphatic carbocycles. The van der Waals surface area contributed by atoms with Gasteiger partial charge in [-0.2, -0.15) is 5.26 Å². The minimum Gasteiger partial charge on any atom is -0.368 e. The summed E-state index contributed by atoms with van der Waals surface area (Å²) in [6, 6.07) is 11.3. The molecule has 3 aliphatic rings. The Morgan fingerprint density at radius 2 is 1.97 bits per heavy atom. The Labute approximate surface area is 194 Å². The Balaban J connectivity index is 1.30. The van der Waals surface area contributed by atoms with Crippen LogP contribution < -0.4 is 15.1 Å². The second-order valence-corrected chi connectivity index (χ2v) is 9.46. The highest BCUT2D eigenvalue weighted by Crippen LogP contribution is 2.33. The van der Waals surface area contributed by atoms with E-state index in [1.165, 1.54) is 22.5 Å². The van der Waals surface area contributed by atoms with Gasteiger partial charge in [-0.3, -0.25) is 14.9 Å². The van der Waals surface area contributed by atoms with Crippen LogP contribution in [0.15, 0.2) is 42.9 Å². The lowest BCUT2D eigenvalue weighted by molar-refractivity contribution is 0.108. The predicted molar refractivity (Wildman–Crippen MR) is 130 cm³/mol. The molecule has 7 heteroatoms. The highest BCUT2D eigenvalue weighted by molar-refractivity contribution is 5.95. The van der Waals surface area contributed by atoms with Crippen LogP contribution in [-0.2, 0) is 13.0 Å². The number of piperazine rings is 2. The summed E-state index contributed by atoms with van der Waals surface area (Å²) in [5.41, 5.74) is 6.77. The molecule has 2 atom stereocenters. The van der Waals surface area contributed by atoms with Crippen molar-refractivity contribution in [3.8, 4) is 6.07 Å². The van der Waals surface area contributed by atoms with E-state index in [-0.39, 0.29) is 0 Å². The van der Waals surface area contributed by atoms with Crippen molar-refractivity contribution in [3.63, 3.8) is 0 Å². The molecule has 3 aromatic rings. The standard InChI is InChI=1S/C26H29N7/c1-18-15-32(24-5-4-19(11-27)26-23(24)3-2-7-30-26)17-21-16-31(9-10-33(18)21)25-14-29-13-20-12-28-8-6-22(20)25/h2-5,7,13-14,18,21,28H,6,8-10,12,15-17H2,1H3. The molecule has 33 heavy (non-hydrogen) atoms.